The Morgan fingerprint density at radius 2 is 1.93 bits per heavy atom. The van der Waals surface area contributed by atoms with Crippen LogP contribution >= 0.6 is 0 Å². The van der Waals surface area contributed by atoms with E-state index in [-0.39, 0.29) is 23.8 Å². The maximum absolute atomic E-state index is 13.8. The Hall–Kier alpha value is -3.69. The number of carbonyl (C=O) groups excluding carboxylic acids is 2. The molecular formula is C19H19FN2O7. The summed E-state index contributed by atoms with van der Waals surface area (Å²) >= 11 is 0. The van der Waals surface area contributed by atoms with Gasteiger partial charge >= 0.3 is 5.97 Å². The van der Waals surface area contributed by atoms with Crippen molar-refractivity contribution < 1.29 is 33.1 Å². The first kappa shape index (κ1) is 21.6. The molecule has 0 aromatic heterocycles. The predicted molar refractivity (Wildman–Crippen MR) is 101 cm³/mol. The lowest BCUT2D eigenvalue weighted by Crippen LogP contribution is -2.22. The number of nitrogens with zero attached hydrogens (tertiary/aromatic N) is 1. The van der Waals surface area contributed by atoms with Crippen LogP contribution in [0.5, 0.6) is 11.5 Å². The van der Waals surface area contributed by atoms with E-state index < -0.39 is 40.5 Å². The molecule has 10 heteroatoms. The molecule has 154 valence electrons. The first-order valence-corrected chi connectivity index (χ1v) is 8.49. The third-order valence-corrected chi connectivity index (χ3v) is 3.73. The van der Waals surface area contributed by atoms with Crippen molar-refractivity contribution in [1.82, 2.24) is 0 Å². The first-order chi connectivity index (χ1) is 13.8. The molecule has 2 aromatic carbocycles. The van der Waals surface area contributed by atoms with Gasteiger partial charge in [0.15, 0.2) is 18.1 Å². The van der Waals surface area contributed by atoms with E-state index in [2.05, 4.69) is 5.32 Å². The smallest absolute Gasteiger partial charge is 0.345 e. The number of carbonyl (C=O) groups is 2. The van der Waals surface area contributed by atoms with Crippen molar-refractivity contribution >= 4 is 23.3 Å². The Balaban J connectivity index is 2.15. The lowest BCUT2D eigenvalue weighted by molar-refractivity contribution is -0.385. The zero-order valence-electron chi connectivity index (χ0n) is 16.0. The molecule has 1 N–H and O–H groups in total. The molecule has 1 amide bonds. The highest BCUT2D eigenvalue weighted by Crippen LogP contribution is 2.35. The van der Waals surface area contributed by atoms with Crippen LogP contribution in [0.3, 0.4) is 0 Å². The lowest BCUT2D eigenvalue weighted by atomic mass is 10.1. The molecule has 0 saturated carbocycles. The summed E-state index contributed by atoms with van der Waals surface area (Å²) in [5, 5.41) is 13.6. The fourth-order valence-corrected chi connectivity index (χ4v) is 2.41. The van der Waals surface area contributed by atoms with Crippen LogP contribution in [0.15, 0.2) is 30.3 Å². The van der Waals surface area contributed by atoms with Crippen molar-refractivity contribution in [1.29, 1.82) is 0 Å². The molecule has 9 nitrogen and oxygen atoms in total. The molecule has 0 bridgehead atoms. The van der Waals surface area contributed by atoms with E-state index in [0.717, 1.165) is 12.1 Å². The Bertz CT molecular complexity index is 946. The number of rotatable bonds is 8. The fourth-order valence-electron chi connectivity index (χ4n) is 2.41. The monoisotopic (exact) mass is 406 g/mol. The molecule has 2 rings (SSSR count). The van der Waals surface area contributed by atoms with Crippen LogP contribution in [0, 0.1) is 22.9 Å². The Kier molecular flexibility index (Phi) is 7.07. The van der Waals surface area contributed by atoms with Gasteiger partial charge in [-0.15, -0.1) is 0 Å². The quantitative estimate of drug-likeness (QED) is 0.406. The largest absolute Gasteiger partial charge is 0.493 e. The van der Waals surface area contributed by atoms with Gasteiger partial charge < -0.3 is 19.5 Å². The standard InChI is InChI=1S/C19H19FN2O7/c1-4-28-17-8-12(15(22(25)26)9-16(17)27-3)19(24)29-10-18(23)21-14-6-5-11(2)7-13(14)20/h5-9H,4,10H2,1-3H3,(H,21,23). The third-order valence-electron chi connectivity index (χ3n) is 3.73. The van der Waals surface area contributed by atoms with E-state index in [0.29, 0.717) is 5.56 Å². The molecule has 0 fully saturated rings. The van der Waals surface area contributed by atoms with E-state index in [4.69, 9.17) is 14.2 Å². The number of nitro benzene ring substituents is 1. The van der Waals surface area contributed by atoms with Gasteiger partial charge in [0.1, 0.15) is 11.4 Å². The summed E-state index contributed by atoms with van der Waals surface area (Å²) in [6, 6.07) is 6.34. The molecule has 0 spiro atoms. The summed E-state index contributed by atoms with van der Waals surface area (Å²) in [4.78, 5) is 34.8. The summed E-state index contributed by atoms with van der Waals surface area (Å²) in [5.41, 5.74) is -0.386. The van der Waals surface area contributed by atoms with Gasteiger partial charge in [0.25, 0.3) is 11.6 Å². The molecule has 0 heterocycles. The van der Waals surface area contributed by atoms with Crippen LogP contribution in [0.25, 0.3) is 0 Å². The SMILES string of the molecule is CCOc1cc(C(=O)OCC(=O)Nc2ccc(C)cc2F)c([N+](=O)[O-])cc1OC. The van der Waals surface area contributed by atoms with E-state index in [9.17, 15) is 24.1 Å². The molecule has 0 aliphatic carbocycles. The first-order valence-electron chi connectivity index (χ1n) is 8.49. The minimum absolute atomic E-state index is 0.0719. The lowest BCUT2D eigenvalue weighted by Gasteiger charge is -2.12. The van der Waals surface area contributed by atoms with Crippen LogP contribution in [0.4, 0.5) is 15.8 Å². The second-order valence-corrected chi connectivity index (χ2v) is 5.82. The Morgan fingerprint density at radius 3 is 2.52 bits per heavy atom. The molecule has 29 heavy (non-hydrogen) atoms. The molecule has 0 aliphatic rings. The third kappa shape index (κ3) is 5.41. The highest BCUT2D eigenvalue weighted by Gasteiger charge is 2.26. The number of nitrogens with one attached hydrogen (secondary N) is 1. The number of benzene rings is 2. The van der Waals surface area contributed by atoms with E-state index >= 15 is 0 Å². The van der Waals surface area contributed by atoms with Crippen molar-refractivity contribution in [3.8, 4) is 11.5 Å². The van der Waals surface area contributed by atoms with E-state index in [1.54, 1.807) is 19.9 Å². The van der Waals surface area contributed by atoms with E-state index in [1.165, 1.54) is 19.2 Å². The van der Waals surface area contributed by atoms with Crippen molar-refractivity contribution in [2.24, 2.45) is 0 Å². The fraction of sp³-hybridized carbons (Fsp3) is 0.263. The van der Waals surface area contributed by atoms with E-state index in [1.807, 2.05) is 0 Å². The summed E-state index contributed by atoms with van der Waals surface area (Å²) in [5.74, 6) is -2.37. The second-order valence-electron chi connectivity index (χ2n) is 5.82. The summed E-state index contributed by atoms with van der Waals surface area (Å²) in [7, 11) is 1.30. The van der Waals surface area contributed by atoms with Gasteiger partial charge in [-0.05, 0) is 31.5 Å². The van der Waals surface area contributed by atoms with Gasteiger partial charge in [-0.25, -0.2) is 9.18 Å². The highest BCUT2D eigenvalue weighted by atomic mass is 19.1. The number of aryl methyl sites for hydroxylation is 1. The normalized spacial score (nSPS) is 10.2. The van der Waals surface area contributed by atoms with Crippen LogP contribution in [0.1, 0.15) is 22.8 Å². The van der Waals surface area contributed by atoms with Crippen LogP contribution in [0.2, 0.25) is 0 Å². The molecular weight excluding hydrogens is 387 g/mol. The number of anilines is 1. The molecule has 0 saturated heterocycles. The van der Waals surface area contributed by atoms with Crippen LogP contribution in [-0.2, 0) is 9.53 Å². The average molecular weight is 406 g/mol. The van der Waals surface area contributed by atoms with Gasteiger partial charge in [-0.1, -0.05) is 6.07 Å². The predicted octanol–water partition coefficient (Wildman–Crippen LogP) is 3.25. The number of ether oxygens (including phenoxy) is 3. The van der Waals surface area contributed by atoms with Crippen molar-refractivity contribution in [2.75, 3.05) is 25.6 Å². The highest BCUT2D eigenvalue weighted by molar-refractivity contribution is 5.98. The van der Waals surface area contributed by atoms with Gasteiger partial charge in [-0.3, -0.25) is 14.9 Å². The van der Waals surface area contributed by atoms with Crippen molar-refractivity contribution in [2.45, 2.75) is 13.8 Å². The van der Waals surface area contributed by atoms with Crippen molar-refractivity contribution in [3.63, 3.8) is 0 Å². The van der Waals surface area contributed by atoms with Crippen molar-refractivity contribution in [3.05, 3.63) is 57.4 Å². The van der Waals surface area contributed by atoms with Crippen LogP contribution in [-0.4, -0.2) is 37.1 Å². The van der Waals surface area contributed by atoms with Gasteiger partial charge in [0, 0.05) is 6.07 Å². The maximum Gasteiger partial charge on any atom is 0.345 e. The molecule has 0 radical (unpaired) electrons. The molecule has 0 unspecified atom stereocenters. The number of hydrogen-bond acceptors (Lipinski definition) is 7. The summed E-state index contributed by atoms with van der Waals surface area (Å²) < 4.78 is 29.0. The topological polar surface area (TPSA) is 117 Å². The number of hydrogen-bond donors (Lipinski definition) is 1. The Labute approximate surface area is 165 Å². The Morgan fingerprint density at radius 1 is 1.21 bits per heavy atom. The molecule has 0 atom stereocenters. The van der Waals surface area contributed by atoms with Crippen LogP contribution < -0.4 is 14.8 Å². The number of esters is 1. The number of methoxy groups -OCH3 is 1. The number of nitro groups is 1. The zero-order valence-corrected chi connectivity index (χ0v) is 16.0. The van der Waals surface area contributed by atoms with Gasteiger partial charge in [0.2, 0.25) is 0 Å². The average Bonchev–Trinajstić information content (AvgIpc) is 2.68. The number of halogens is 1. The minimum Gasteiger partial charge on any atom is -0.493 e. The maximum atomic E-state index is 13.8. The second kappa shape index (κ2) is 9.49. The van der Waals surface area contributed by atoms with Gasteiger partial charge in [-0.2, -0.15) is 0 Å². The van der Waals surface area contributed by atoms with Gasteiger partial charge in [0.05, 0.1) is 30.4 Å². The molecule has 0 aliphatic heterocycles. The zero-order chi connectivity index (χ0) is 21.6. The summed E-state index contributed by atoms with van der Waals surface area (Å²) in [6.07, 6.45) is 0. The minimum atomic E-state index is -1.11. The molecule has 2 aromatic rings. The number of amides is 1. The summed E-state index contributed by atoms with van der Waals surface area (Å²) in [6.45, 7) is 2.84.